The second kappa shape index (κ2) is 4.67. The fourth-order valence-corrected chi connectivity index (χ4v) is 0.976. The molecule has 1 aromatic carbocycles. The zero-order valence-electron chi connectivity index (χ0n) is 7.90. The molecule has 0 atom stereocenters. The van der Waals surface area contributed by atoms with E-state index >= 15 is 0 Å². The third-order valence-electron chi connectivity index (χ3n) is 1.68. The molecular formula is C11H5F4N. The van der Waals surface area contributed by atoms with Crippen molar-refractivity contribution in [2.45, 2.75) is 12.6 Å². The Bertz CT molecular complexity index is 485. The van der Waals surface area contributed by atoms with E-state index in [4.69, 9.17) is 5.26 Å². The Balaban J connectivity index is 3.12. The molecule has 1 rings (SSSR count). The van der Waals surface area contributed by atoms with Crippen molar-refractivity contribution in [3.05, 3.63) is 35.1 Å². The van der Waals surface area contributed by atoms with Gasteiger partial charge >= 0.3 is 6.18 Å². The SMILES string of the molecule is N#CCC#Cc1cc(C(F)(F)F)ccc1F. The molecular weight excluding hydrogens is 222 g/mol. The molecule has 0 spiro atoms. The van der Waals surface area contributed by atoms with Crippen molar-refractivity contribution in [1.82, 2.24) is 0 Å². The molecule has 0 radical (unpaired) electrons. The van der Waals surface area contributed by atoms with E-state index in [1.807, 2.05) is 0 Å². The molecule has 0 aliphatic carbocycles. The maximum atomic E-state index is 13.0. The minimum Gasteiger partial charge on any atom is -0.206 e. The molecule has 0 bridgehead atoms. The topological polar surface area (TPSA) is 23.8 Å². The fraction of sp³-hybridized carbons (Fsp3) is 0.182. The molecule has 0 N–H and O–H groups in total. The van der Waals surface area contributed by atoms with Crippen LogP contribution in [-0.2, 0) is 6.18 Å². The Morgan fingerprint density at radius 1 is 1.25 bits per heavy atom. The molecule has 0 aromatic heterocycles. The van der Waals surface area contributed by atoms with Crippen LogP contribution < -0.4 is 0 Å². The van der Waals surface area contributed by atoms with E-state index in [9.17, 15) is 17.6 Å². The minimum absolute atomic E-state index is 0.157. The molecule has 0 heterocycles. The Kier molecular flexibility index (Phi) is 3.52. The van der Waals surface area contributed by atoms with Crippen LogP contribution in [-0.4, -0.2) is 0 Å². The number of nitriles is 1. The lowest BCUT2D eigenvalue weighted by Crippen LogP contribution is -2.05. The van der Waals surface area contributed by atoms with E-state index < -0.39 is 17.6 Å². The number of nitrogens with zero attached hydrogens (tertiary/aromatic N) is 1. The smallest absolute Gasteiger partial charge is 0.206 e. The zero-order valence-corrected chi connectivity index (χ0v) is 7.90. The molecule has 0 saturated carbocycles. The second-order valence-corrected chi connectivity index (χ2v) is 2.83. The van der Waals surface area contributed by atoms with Gasteiger partial charge in [0.1, 0.15) is 5.82 Å². The van der Waals surface area contributed by atoms with Crippen molar-refractivity contribution in [1.29, 1.82) is 5.26 Å². The molecule has 0 aliphatic heterocycles. The van der Waals surface area contributed by atoms with Crippen molar-refractivity contribution in [3.8, 4) is 17.9 Å². The van der Waals surface area contributed by atoms with Crippen molar-refractivity contribution in [3.63, 3.8) is 0 Å². The van der Waals surface area contributed by atoms with Gasteiger partial charge in [-0.3, -0.25) is 0 Å². The lowest BCUT2D eigenvalue weighted by Gasteiger charge is -2.06. The standard InChI is InChI=1S/C11H5F4N/c12-10-5-4-9(11(13,14)15)7-8(10)3-1-2-6-16/h4-5,7H,2H2. The van der Waals surface area contributed by atoms with Gasteiger partial charge in [-0.1, -0.05) is 11.8 Å². The third-order valence-corrected chi connectivity index (χ3v) is 1.68. The molecule has 0 amide bonds. The summed E-state index contributed by atoms with van der Waals surface area (Å²) in [4.78, 5) is 0. The molecule has 5 heteroatoms. The van der Waals surface area contributed by atoms with Crippen LogP contribution in [0.5, 0.6) is 0 Å². The van der Waals surface area contributed by atoms with Gasteiger partial charge in [-0.25, -0.2) is 4.39 Å². The van der Waals surface area contributed by atoms with Crippen LogP contribution >= 0.6 is 0 Å². The number of alkyl halides is 3. The normalized spacial score (nSPS) is 10.2. The average molecular weight is 227 g/mol. The number of hydrogen-bond acceptors (Lipinski definition) is 1. The van der Waals surface area contributed by atoms with Gasteiger partial charge in [-0.2, -0.15) is 18.4 Å². The first kappa shape index (κ1) is 12.1. The van der Waals surface area contributed by atoms with Crippen molar-refractivity contribution >= 4 is 0 Å². The van der Waals surface area contributed by atoms with Gasteiger partial charge in [0.25, 0.3) is 0 Å². The molecule has 1 aromatic rings. The van der Waals surface area contributed by atoms with Gasteiger partial charge in [0.05, 0.1) is 23.6 Å². The summed E-state index contributed by atoms with van der Waals surface area (Å²) in [6, 6.07) is 3.66. The van der Waals surface area contributed by atoms with Gasteiger partial charge in [0, 0.05) is 0 Å². The first-order chi connectivity index (χ1) is 7.45. The van der Waals surface area contributed by atoms with Crippen LogP contribution in [0.25, 0.3) is 0 Å². The number of rotatable bonds is 0. The van der Waals surface area contributed by atoms with Gasteiger partial charge in [0.2, 0.25) is 0 Å². The molecule has 1 nitrogen and oxygen atoms in total. The van der Waals surface area contributed by atoms with Crippen molar-refractivity contribution < 1.29 is 17.6 Å². The maximum Gasteiger partial charge on any atom is 0.416 e. The molecule has 16 heavy (non-hydrogen) atoms. The van der Waals surface area contributed by atoms with Crippen molar-refractivity contribution in [2.24, 2.45) is 0 Å². The predicted molar refractivity (Wildman–Crippen MR) is 48.5 cm³/mol. The monoisotopic (exact) mass is 227 g/mol. The van der Waals surface area contributed by atoms with Crippen LogP contribution in [0.15, 0.2) is 18.2 Å². The molecule has 0 aliphatic rings. The second-order valence-electron chi connectivity index (χ2n) is 2.83. The van der Waals surface area contributed by atoms with Crippen LogP contribution in [0.2, 0.25) is 0 Å². The maximum absolute atomic E-state index is 13.0. The highest BCUT2D eigenvalue weighted by Gasteiger charge is 2.30. The first-order valence-electron chi connectivity index (χ1n) is 4.17. The fourth-order valence-electron chi connectivity index (χ4n) is 0.976. The minimum atomic E-state index is -4.53. The van der Waals surface area contributed by atoms with Gasteiger partial charge in [0.15, 0.2) is 0 Å². The van der Waals surface area contributed by atoms with E-state index in [0.29, 0.717) is 18.2 Å². The number of hydrogen-bond donors (Lipinski definition) is 0. The van der Waals surface area contributed by atoms with Crippen LogP contribution in [0, 0.1) is 29.0 Å². The van der Waals surface area contributed by atoms with Crippen LogP contribution in [0.3, 0.4) is 0 Å². The Morgan fingerprint density at radius 3 is 2.50 bits per heavy atom. The summed E-state index contributed by atoms with van der Waals surface area (Å²) >= 11 is 0. The van der Waals surface area contributed by atoms with E-state index in [1.54, 1.807) is 6.07 Å². The zero-order chi connectivity index (χ0) is 12.2. The summed E-state index contributed by atoms with van der Waals surface area (Å²) in [5, 5.41) is 8.17. The molecule has 82 valence electrons. The van der Waals surface area contributed by atoms with Gasteiger partial charge < -0.3 is 0 Å². The van der Waals surface area contributed by atoms with E-state index in [0.717, 1.165) is 0 Å². The molecule has 0 fully saturated rings. The third kappa shape index (κ3) is 2.99. The predicted octanol–water partition coefficient (Wildman–Crippen LogP) is 3.11. The highest BCUT2D eigenvalue weighted by atomic mass is 19.4. The Morgan fingerprint density at radius 2 is 1.94 bits per heavy atom. The number of benzene rings is 1. The Labute approximate surface area is 89.3 Å². The van der Waals surface area contributed by atoms with Crippen LogP contribution in [0.1, 0.15) is 17.5 Å². The first-order valence-corrected chi connectivity index (χ1v) is 4.17. The summed E-state index contributed by atoms with van der Waals surface area (Å²) in [7, 11) is 0. The number of halogens is 4. The lowest BCUT2D eigenvalue weighted by atomic mass is 10.1. The van der Waals surface area contributed by atoms with Gasteiger partial charge in [-0.05, 0) is 18.2 Å². The molecule has 0 unspecified atom stereocenters. The highest BCUT2D eigenvalue weighted by molar-refractivity contribution is 5.39. The summed E-state index contributed by atoms with van der Waals surface area (Å²) in [6.07, 6.45) is -4.69. The average Bonchev–Trinajstić information content (AvgIpc) is 2.19. The highest BCUT2D eigenvalue weighted by Crippen LogP contribution is 2.30. The van der Waals surface area contributed by atoms with E-state index in [-0.39, 0.29) is 12.0 Å². The van der Waals surface area contributed by atoms with E-state index in [2.05, 4.69) is 11.8 Å². The summed E-state index contributed by atoms with van der Waals surface area (Å²) < 4.78 is 49.8. The Hall–Kier alpha value is -2.01. The van der Waals surface area contributed by atoms with Crippen LogP contribution in [0.4, 0.5) is 17.6 Å². The largest absolute Gasteiger partial charge is 0.416 e. The van der Waals surface area contributed by atoms with Crippen molar-refractivity contribution in [2.75, 3.05) is 0 Å². The quantitative estimate of drug-likeness (QED) is 0.493. The summed E-state index contributed by atoms with van der Waals surface area (Å²) in [5.41, 5.74) is -1.32. The summed E-state index contributed by atoms with van der Waals surface area (Å²) in [5.74, 6) is 3.60. The van der Waals surface area contributed by atoms with Gasteiger partial charge in [-0.15, -0.1) is 0 Å². The summed E-state index contributed by atoms with van der Waals surface area (Å²) in [6.45, 7) is 0. The lowest BCUT2D eigenvalue weighted by molar-refractivity contribution is -0.137. The van der Waals surface area contributed by atoms with E-state index in [1.165, 1.54) is 0 Å². The molecule has 0 saturated heterocycles.